The lowest BCUT2D eigenvalue weighted by atomic mass is 10.3. The number of hydrogen-bond donors (Lipinski definition) is 1. The van der Waals surface area contributed by atoms with Gasteiger partial charge in [0, 0.05) is 11.0 Å². The third-order valence-corrected chi connectivity index (χ3v) is 5.05. The number of halogens is 1. The topological polar surface area (TPSA) is 46.2 Å². The number of benzene rings is 1. The van der Waals surface area contributed by atoms with E-state index in [4.69, 9.17) is 0 Å². The molecule has 0 spiro atoms. The number of sulfone groups is 1. The Morgan fingerprint density at radius 2 is 2.21 bits per heavy atom. The highest BCUT2D eigenvalue weighted by atomic mass is 79.9. The summed E-state index contributed by atoms with van der Waals surface area (Å²) < 4.78 is 24.6. The van der Waals surface area contributed by atoms with Crippen molar-refractivity contribution in [2.75, 3.05) is 11.9 Å². The predicted octanol–water partition coefficient (Wildman–Crippen LogP) is 2.04. The highest BCUT2D eigenvalue weighted by Crippen LogP contribution is 2.31. The van der Waals surface area contributed by atoms with Gasteiger partial charge in [-0.25, -0.2) is 8.42 Å². The Bertz CT molecular complexity index is 470. The molecule has 14 heavy (non-hydrogen) atoms. The minimum atomic E-state index is -3.12. The molecule has 76 valence electrons. The molecule has 2 rings (SSSR count). The summed E-state index contributed by atoms with van der Waals surface area (Å²) in [5, 5.41) is 2.75. The average molecular weight is 276 g/mol. The first-order chi connectivity index (χ1) is 6.51. The highest BCUT2D eigenvalue weighted by Gasteiger charge is 2.30. The molecule has 1 aliphatic heterocycles. The normalized spacial score (nSPS) is 23.7. The molecule has 1 aromatic rings. The largest absolute Gasteiger partial charge is 0.383 e. The fraction of sp³-hybridized carbons (Fsp3) is 0.333. The van der Waals surface area contributed by atoms with Crippen LogP contribution >= 0.6 is 15.9 Å². The van der Waals surface area contributed by atoms with E-state index in [2.05, 4.69) is 21.2 Å². The van der Waals surface area contributed by atoms with E-state index in [1.165, 1.54) is 0 Å². The number of fused-ring (bicyclic) bond motifs is 1. The van der Waals surface area contributed by atoms with Crippen molar-refractivity contribution < 1.29 is 8.42 Å². The first kappa shape index (κ1) is 9.98. The van der Waals surface area contributed by atoms with Gasteiger partial charge < -0.3 is 5.32 Å². The van der Waals surface area contributed by atoms with Gasteiger partial charge in [0.2, 0.25) is 0 Å². The second kappa shape index (κ2) is 3.24. The van der Waals surface area contributed by atoms with Crippen LogP contribution in [0.3, 0.4) is 0 Å². The smallest absolute Gasteiger partial charge is 0.184 e. The summed E-state index contributed by atoms with van der Waals surface area (Å²) in [5.74, 6) is 0. The van der Waals surface area contributed by atoms with Gasteiger partial charge in [-0.1, -0.05) is 15.9 Å². The molecule has 1 N–H and O–H groups in total. The summed E-state index contributed by atoms with van der Waals surface area (Å²) in [6.07, 6.45) is 0. The summed E-state index contributed by atoms with van der Waals surface area (Å²) in [7, 11) is -3.12. The maximum absolute atomic E-state index is 11.9. The zero-order chi connectivity index (χ0) is 10.3. The summed E-state index contributed by atoms with van der Waals surface area (Å²) >= 11 is 3.31. The quantitative estimate of drug-likeness (QED) is 0.788. The lowest BCUT2D eigenvalue weighted by Crippen LogP contribution is -2.31. The summed E-state index contributed by atoms with van der Waals surface area (Å²) in [6, 6.07) is 5.17. The molecule has 0 bridgehead atoms. The van der Waals surface area contributed by atoms with Crippen LogP contribution in [0, 0.1) is 0 Å². The minimum Gasteiger partial charge on any atom is -0.383 e. The molecule has 1 atom stereocenters. The molecule has 1 aliphatic rings. The fourth-order valence-corrected chi connectivity index (χ4v) is 3.26. The van der Waals surface area contributed by atoms with Crippen LogP contribution in [-0.4, -0.2) is 20.2 Å². The van der Waals surface area contributed by atoms with Gasteiger partial charge in [0.25, 0.3) is 0 Å². The molecule has 0 radical (unpaired) electrons. The van der Waals surface area contributed by atoms with Crippen molar-refractivity contribution in [1.29, 1.82) is 0 Å². The molecule has 0 saturated carbocycles. The van der Waals surface area contributed by atoms with Crippen molar-refractivity contribution >= 4 is 31.5 Å². The molecule has 1 aromatic carbocycles. The predicted molar refractivity (Wildman–Crippen MR) is 59.3 cm³/mol. The summed E-state index contributed by atoms with van der Waals surface area (Å²) in [6.45, 7) is 2.19. The zero-order valence-corrected chi connectivity index (χ0v) is 10.0. The van der Waals surface area contributed by atoms with Crippen molar-refractivity contribution in [3.63, 3.8) is 0 Å². The van der Waals surface area contributed by atoms with Crippen LogP contribution in [0.15, 0.2) is 27.6 Å². The molecule has 0 amide bonds. The van der Waals surface area contributed by atoms with E-state index in [9.17, 15) is 8.42 Å². The highest BCUT2D eigenvalue weighted by molar-refractivity contribution is 9.10. The van der Waals surface area contributed by atoms with Crippen LogP contribution in [0.25, 0.3) is 0 Å². The molecule has 0 aromatic heterocycles. The number of nitrogens with one attached hydrogen (secondary N) is 1. The van der Waals surface area contributed by atoms with Gasteiger partial charge in [0.1, 0.15) is 0 Å². The van der Waals surface area contributed by atoms with E-state index in [0.29, 0.717) is 17.1 Å². The van der Waals surface area contributed by atoms with Crippen molar-refractivity contribution in [3.05, 3.63) is 22.7 Å². The second-order valence-electron chi connectivity index (χ2n) is 3.38. The Balaban J connectivity index is 2.65. The van der Waals surface area contributed by atoms with E-state index < -0.39 is 9.84 Å². The first-order valence-electron chi connectivity index (χ1n) is 4.29. The standard InChI is InChI=1S/C9H10BrNO2S/c1-6-5-11-8-4-7(10)2-3-9(8)14(6,12)13/h2-4,6,11H,5H2,1H3. The molecular formula is C9H10BrNO2S. The van der Waals surface area contributed by atoms with Crippen LogP contribution < -0.4 is 5.32 Å². The SMILES string of the molecule is CC1CNc2cc(Br)ccc2S1(=O)=O. The Labute approximate surface area is 91.6 Å². The van der Waals surface area contributed by atoms with Crippen LogP contribution in [-0.2, 0) is 9.84 Å². The molecule has 3 nitrogen and oxygen atoms in total. The van der Waals surface area contributed by atoms with Crippen LogP contribution in [0.4, 0.5) is 5.69 Å². The maximum Gasteiger partial charge on any atom is 0.184 e. The lowest BCUT2D eigenvalue weighted by molar-refractivity contribution is 0.582. The van der Waals surface area contributed by atoms with Crippen LogP contribution in [0.1, 0.15) is 6.92 Å². The van der Waals surface area contributed by atoms with Crippen LogP contribution in [0.2, 0.25) is 0 Å². The summed E-state index contributed by atoms with van der Waals surface area (Å²) in [4.78, 5) is 0.402. The van der Waals surface area contributed by atoms with Gasteiger partial charge in [0.15, 0.2) is 9.84 Å². The van der Waals surface area contributed by atoms with E-state index in [-0.39, 0.29) is 5.25 Å². The molecule has 0 aliphatic carbocycles. The van der Waals surface area contributed by atoms with Crippen molar-refractivity contribution in [3.8, 4) is 0 Å². The molecule has 1 unspecified atom stereocenters. The Hall–Kier alpha value is -0.550. The third-order valence-electron chi connectivity index (χ3n) is 2.36. The molecule has 0 saturated heterocycles. The Morgan fingerprint density at radius 1 is 1.50 bits per heavy atom. The van der Waals surface area contributed by atoms with Crippen molar-refractivity contribution in [2.24, 2.45) is 0 Å². The Morgan fingerprint density at radius 3 is 2.93 bits per heavy atom. The van der Waals surface area contributed by atoms with Crippen LogP contribution in [0.5, 0.6) is 0 Å². The van der Waals surface area contributed by atoms with E-state index in [0.717, 1.165) is 4.47 Å². The number of rotatable bonds is 0. The Kier molecular flexibility index (Phi) is 2.31. The molecule has 5 heteroatoms. The molecule has 0 fully saturated rings. The van der Waals surface area contributed by atoms with Gasteiger partial charge in [-0.15, -0.1) is 0 Å². The minimum absolute atomic E-state index is 0.351. The molecular weight excluding hydrogens is 266 g/mol. The molecule has 1 heterocycles. The maximum atomic E-state index is 11.9. The third kappa shape index (κ3) is 1.44. The van der Waals surface area contributed by atoms with Crippen molar-refractivity contribution in [1.82, 2.24) is 0 Å². The van der Waals surface area contributed by atoms with E-state index in [1.807, 2.05) is 0 Å². The fourth-order valence-electron chi connectivity index (χ4n) is 1.47. The van der Waals surface area contributed by atoms with Crippen molar-refractivity contribution in [2.45, 2.75) is 17.1 Å². The average Bonchev–Trinajstić information content (AvgIpc) is 2.12. The van der Waals surface area contributed by atoms with Gasteiger partial charge in [-0.2, -0.15) is 0 Å². The first-order valence-corrected chi connectivity index (χ1v) is 6.63. The van der Waals surface area contributed by atoms with E-state index >= 15 is 0 Å². The van der Waals surface area contributed by atoms with Gasteiger partial charge in [-0.05, 0) is 25.1 Å². The summed E-state index contributed by atoms with van der Waals surface area (Å²) in [5.41, 5.74) is 0.692. The lowest BCUT2D eigenvalue weighted by Gasteiger charge is -2.23. The number of anilines is 1. The number of hydrogen-bond acceptors (Lipinski definition) is 3. The van der Waals surface area contributed by atoms with Gasteiger partial charge in [0.05, 0.1) is 15.8 Å². The van der Waals surface area contributed by atoms with E-state index in [1.54, 1.807) is 25.1 Å². The monoisotopic (exact) mass is 275 g/mol. The van der Waals surface area contributed by atoms with Gasteiger partial charge in [-0.3, -0.25) is 0 Å². The zero-order valence-electron chi connectivity index (χ0n) is 7.62. The second-order valence-corrected chi connectivity index (χ2v) is 6.63. The van der Waals surface area contributed by atoms with Gasteiger partial charge >= 0.3 is 0 Å².